The Morgan fingerprint density at radius 2 is 1.44 bits per heavy atom. The van der Waals surface area contributed by atoms with Crippen LogP contribution in [0.3, 0.4) is 0 Å². The summed E-state index contributed by atoms with van der Waals surface area (Å²) in [5.74, 6) is -13.2. The van der Waals surface area contributed by atoms with Crippen LogP contribution in [0.25, 0.3) is 0 Å². The molecule has 0 atom stereocenters. The highest BCUT2D eigenvalue weighted by Gasteiger charge is 2.33. The predicted molar refractivity (Wildman–Crippen MR) is 73.2 cm³/mol. The number of methoxy groups -OCH3 is 1. The molecule has 0 amide bonds. The van der Waals surface area contributed by atoms with Crippen LogP contribution in [0.1, 0.15) is 5.56 Å². The first-order valence-corrected chi connectivity index (χ1v) is 7.92. The van der Waals surface area contributed by atoms with Gasteiger partial charge < -0.3 is 4.74 Å². The van der Waals surface area contributed by atoms with Gasteiger partial charge in [-0.1, -0.05) is 6.07 Å². The van der Waals surface area contributed by atoms with Gasteiger partial charge in [0.15, 0.2) is 39.7 Å². The summed E-state index contributed by atoms with van der Waals surface area (Å²) in [6.45, 7) is -0.664. The van der Waals surface area contributed by atoms with Crippen molar-refractivity contribution in [3.05, 3.63) is 58.7 Å². The number of halogens is 6. The van der Waals surface area contributed by atoms with E-state index in [9.17, 15) is 34.8 Å². The van der Waals surface area contributed by atoms with Crippen LogP contribution in [-0.2, 0) is 16.6 Å². The van der Waals surface area contributed by atoms with Crippen molar-refractivity contribution in [1.82, 2.24) is 4.72 Å². The molecular weight excluding hydrogens is 376 g/mol. The van der Waals surface area contributed by atoms with E-state index < -0.39 is 56.4 Å². The Hall–Kier alpha value is -2.27. The largest absolute Gasteiger partial charge is 0.494 e. The lowest BCUT2D eigenvalue weighted by molar-refractivity contribution is 0.357. The molecule has 0 bridgehead atoms. The fraction of sp³-hybridized carbons (Fsp3) is 0.143. The summed E-state index contributed by atoms with van der Waals surface area (Å²) in [5.41, 5.74) is 0.0192. The number of hydrogen-bond donors (Lipinski definition) is 1. The van der Waals surface area contributed by atoms with Crippen LogP contribution in [0.5, 0.6) is 5.75 Å². The minimum atomic E-state index is -5.11. The van der Waals surface area contributed by atoms with Gasteiger partial charge in [-0.2, -0.15) is 0 Å². The lowest BCUT2D eigenvalue weighted by atomic mass is 10.2. The van der Waals surface area contributed by atoms with Crippen LogP contribution in [0.15, 0.2) is 23.1 Å². The molecule has 11 heteroatoms. The van der Waals surface area contributed by atoms with Crippen molar-refractivity contribution in [1.29, 1.82) is 0 Å². The Kier molecular flexibility index (Phi) is 5.28. The average Bonchev–Trinajstić information content (AvgIpc) is 2.56. The Balaban J connectivity index is 2.36. The molecule has 1 N–H and O–H groups in total. The molecule has 0 aromatic heterocycles. The molecule has 2 rings (SSSR count). The van der Waals surface area contributed by atoms with Crippen molar-refractivity contribution in [2.45, 2.75) is 11.4 Å². The number of sulfonamides is 1. The topological polar surface area (TPSA) is 55.4 Å². The molecular formula is C14H9F6NO3S. The van der Waals surface area contributed by atoms with Crippen molar-refractivity contribution >= 4 is 10.0 Å². The molecule has 2 aromatic carbocycles. The second-order valence-corrected chi connectivity index (χ2v) is 6.40. The van der Waals surface area contributed by atoms with Gasteiger partial charge in [0.1, 0.15) is 0 Å². The summed E-state index contributed by atoms with van der Waals surface area (Å²) in [6, 6.07) is 3.28. The second-order valence-electron chi connectivity index (χ2n) is 4.69. The first-order chi connectivity index (χ1) is 11.6. The smallest absolute Gasteiger partial charge is 0.246 e. The molecule has 0 radical (unpaired) electrons. The second kappa shape index (κ2) is 6.92. The van der Waals surface area contributed by atoms with Gasteiger partial charge in [-0.05, 0) is 17.7 Å². The molecule has 136 valence electrons. The number of ether oxygens (including phenoxy) is 1. The molecule has 0 fully saturated rings. The third kappa shape index (κ3) is 3.56. The van der Waals surface area contributed by atoms with E-state index in [4.69, 9.17) is 0 Å². The van der Waals surface area contributed by atoms with Crippen molar-refractivity contribution < 1.29 is 39.5 Å². The Morgan fingerprint density at radius 3 is 1.92 bits per heavy atom. The summed E-state index contributed by atoms with van der Waals surface area (Å²) in [5, 5.41) is 0. The summed E-state index contributed by atoms with van der Waals surface area (Å²) < 4.78 is 110. The summed E-state index contributed by atoms with van der Waals surface area (Å²) in [7, 11) is -3.91. The van der Waals surface area contributed by atoms with E-state index in [1.807, 2.05) is 0 Å². The first-order valence-electron chi connectivity index (χ1n) is 6.43. The molecule has 0 heterocycles. The molecule has 0 aliphatic carbocycles. The SMILES string of the molecule is COc1ccc(CNS(=O)(=O)c2c(F)c(F)c(F)c(F)c2F)cc1F. The molecule has 0 saturated heterocycles. The van der Waals surface area contributed by atoms with Crippen molar-refractivity contribution in [3.63, 3.8) is 0 Å². The maximum absolute atomic E-state index is 13.6. The Labute approximate surface area is 138 Å². The molecule has 2 aromatic rings. The van der Waals surface area contributed by atoms with E-state index in [1.54, 1.807) is 4.72 Å². The highest BCUT2D eigenvalue weighted by atomic mass is 32.2. The predicted octanol–water partition coefficient (Wildman–Crippen LogP) is 3.01. The highest BCUT2D eigenvalue weighted by molar-refractivity contribution is 7.89. The van der Waals surface area contributed by atoms with Crippen LogP contribution >= 0.6 is 0 Å². The zero-order valence-electron chi connectivity index (χ0n) is 12.3. The third-order valence-corrected chi connectivity index (χ3v) is 4.54. The first kappa shape index (κ1) is 19.1. The molecule has 0 unspecified atom stereocenters. The van der Waals surface area contributed by atoms with Gasteiger partial charge in [-0.25, -0.2) is 39.5 Å². The summed E-state index contributed by atoms with van der Waals surface area (Å²) in [6.07, 6.45) is 0. The van der Waals surface area contributed by atoms with Crippen LogP contribution in [0.2, 0.25) is 0 Å². The highest BCUT2D eigenvalue weighted by Crippen LogP contribution is 2.26. The molecule has 0 aliphatic heterocycles. The van der Waals surface area contributed by atoms with Crippen molar-refractivity contribution in [3.8, 4) is 5.75 Å². The Bertz CT molecular complexity index is 904. The van der Waals surface area contributed by atoms with E-state index in [1.165, 1.54) is 13.2 Å². The zero-order valence-corrected chi connectivity index (χ0v) is 13.2. The average molecular weight is 385 g/mol. The van der Waals surface area contributed by atoms with Crippen LogP contribution in [-0.4, -0.2) is 15.5 Å². The summed E-state index contributed by atoms with van der Waals surface area (Å²) >= 11 is 0. The molecule has 25 heavy (non-hydrogen) atoms. The monoisotopic (exact) mass is 385 g/mol. The van der Waals surface area contributed by atoms with E-state index in [0.717, 1.165) is 12.1 Å². The van der Waals surface area contributed by atoms with Gasteiger partial charge in [-0.15, -0.1) is 0 Å². The number of benzene rings is 2. The van der Waals surface area contributed by atoms with Crippen molar-refractivity contribution in [2.24, 2.45) is 0 Å². The maximum Gasteiger partial charge on any atom is 0.246 e. The molecule has 4 nitrogen and oxygen atoms in total. The van der Waals surface area contributed by atoms with Gasteiger partial charge in [0.25, 0.3) is 0 Å². The fourth-order valence-electron chi connectivity index (χ4n) is 1.89. The van der Waals surface area contributed by atoms with Crippen LogP contribution in [0.4, 0.5) is 26.3 Å². The summed E-state index contributed by atoms with van der Waals surface area (Å²) in [4.78, 5) is -2.02. The number of hydrogen-bond acceptors (Lipinski definition) is 3. The third-order valence-electron chi connectivity index (χ3n) is 3.12. The fourth-order valence-corrected chi connectivity index (χ4v) is 3.04. The van der Waals surface area contributed by atoms with Crippen LogP contribution < -0.4 is 9.46 Å². The van der Waals surface area contributed by atoms with E-state index in [-0.39, 0.29) is 11.3 Å². The lowest BCUT2D eigenvalue weighted by Gasteiger charge is -2.11. The van der Waals surface area contributed by atoms with E-state index in [2.05, 4.69) is 4.74 Å². The standard InChI is InChI=1S/C14H9F6NO3S/c1-24-8-3-2-6(4-7(8)15)5-21-25(22,23)14-12(19)10(17)9(16)11(18)13(14)20/h2-4,21H,5H2,1H3. The number of nitrogens with one attached hydrogen (secondary N) is 1. The van der Waals surface area contributed by atoms with Gasteiger partial charge in [0.2, 0.25) is 15.8 Å². The van der Waals surface area contributed by atoms with Gasteiger partial charge in [0.05, 0.1) is 7.11 Å². The van der Waals surface area contributed by atoms with Crippen molar-refractivity contribution in [2.75, 3.05) is 7.11 Å². The molecule has 0 saturated carbocycles. The van der Waals surface area contributed by atoms with E-state index in [0.29, 0.717) is 0 Å². The minimum Gasteiger partial charge on any atom is -0.494 e. The minimum absolute atomic E-state index is 0.0192. The quantitative estimate of drug-likeness (QED) is 0.489. The normalized spacial score (nSPS) is 11.6. The van der Waals surface area contributed by atoms with Gasteiger partial charge in [-0.3, -0.25) is 0 Å². The lowest BCUT2D eigenvalue weighted by Crippen LogP contribution is -2.26. The van der Waals surface area contributed by atoms with Crippen LogP contribution in [0, 0.1) is 34.9 Å². The number of rotatable bonds is 5. The van der Waals surface area contributed by atoms with Gasteiger partial charge in [0, 0.05) is 6.54 Å². The van der Waals surface area contributed by atoms with E-state index >= 15 is 0 Å². The molecule has 0 aliphatic rings. The zero-order chi connectivity index (χ0) is 18.9. The Morgan fingerprint density at radius 1 is 0.920 bits per heavy atom. The van der Waals surface area contributed by atoms with Gasteiger partial charge >= 0.3 is 0 Å². The molecule has 0 spiro atoms. The maximum atomic E-state index is 13.6.